The second kappa shape index (κ2) is 3.51. The van der Waals surface area contributed by atoms with E-state index in [1.165, 1.54) is 0 Å². The van der Waals surface area contributed by atoms with Gasteiger partial charge in [-0.1, -0.05) is 40.9 Å². The van der Waals surface area contributed by atoms with Crippen molar-refractivity contribution in [3.63, 3.8) is 0 Å². The molecule has 1 N–H and O–H groups in total. The standard InChI is InChI=1S/C10H5Cl3N2O2/c11-10(12,13)9-14-5-2-1-4-3-17-8(16)6(4)7(5)15-9/h1-2H,3H2,(H,14,15). The fourth-order valence-electron chi connectivity index (χ4n) is 1.82. The number of aromatic nitrogens is 2. The van der Waals surface area contributed by atoms with Gasteiger partial charge in [-0.05, 0) is 6.07 Å². The maximum atomic E-state index is 11.6. The van der Waals surface area contributed by atoms with Crippen molar-refractivity contribution >= 4 is 51.8 Å². The smallest absolute Gasteiger partial charge is 0.341 e. The molecule has 0 spiro atoms. The normalized spacial score (nSPS) is 15.1. The molecule has 17 heavy (non-hydrogen) atoms. The van der Waals surface area contributed by atoms with Crippen LogP contribution in [-0.4, -0.2) is 15.9 Å². The van der Waals surface area contributed by atoms with E-state index in [4.69, 9.17) is 39.5 Å². The summed E-state index contributed by atoms with van der Waals surface area (Å²) in [4.78, 5) is 18.6. The van der Waals surface area contributed by atoms with Crippen molar-refractivity contribution in [1.82, 2.24) is 9.97 Å². The fraction of sp³-hybridized carbons (Fsp3) is 0.200. The zero-order chi connectivity index (χ0) is 12.2. The number of carbonyl (C=O) groups excluding carboxylic acids is 1. The molecule has 1 aliphatic heterocycles. The summed E-state index contributed by atoms with van der Waals surface area (Å²) >= 11 is 17.2. The van der Waals surface area contributed by atoms with Crippen LogP contribution in [0.2, 0.25) is 0 Å². The highest BCUT2D eigenvalue weighted by molar-refractivity contribution is 6.66. The predicted octanol–water partition coefficient (Wildman–Crippen LogP) is 3.06. The SMILES string of the molecule is O=C1OCc2ccc3[nH]c(C(Cl)(Cl)Cl)nc3c21. The van der Waals surface area contributed by atoms with Crippen LogP contribution in [0.3, 0.4) is 0 Å². The molecule has 2 aromatic rings. The summed E-state index contributed by atoms with van der Waals surface area (Å²) in [5, 5.41) is 0. The Morgan fingerprint density at radius 3 is 2.82 bits per heavy atom. The van der Waals surface area contributed by atoms with Crippen LogP contribution in [0.25, 0.3) is 11.0 Å². The molecule has 0 fully saturated rings. The molecular formula is C10H5Cl3N2O2. The second-order valence-electron chi connectivity index (χ2n) is 3.66. The van der Waals surface area contributed by atoms with Crippen LogP contribution < -0.4 is 0 Å². The number of benzene rings is 1. The number of esters is 1. The van der Waals surface area contributed by atoms with E-state index in [2.05, 4.69) is 9.97 Å². The number of halogens is 3. The quantitative estimate of drug-likeness (QED) is 0.599. The lowest BCUT2D eigenvalue weighted by atomic mass is 10.1. The molecule has 1 aromatic heterocycles. The van der Waals surface area contributed by atoms with Crippen molar-refractivity contribution in [3.8, 4) is 0 Å². The Hall–Kier alpha value is -0.970. The molecule has 0 atom stereocenters. The summed E-state index contributed by atoms with van der Waals surface area (Å²) in [6, 6.07) is 3.58. The first kappa shape index (κ1) is 11.1. The maximum absolute atomic E-state index is 11.6. The number of imidazole rings is 1. The van der Waals surface area contributed by atoms with E-state index in [-0.39, 0.29) is 12.4 Å². The zero-order valence-corrected chi connectivity index (χ0v) is 10.5. The zero-order valence-electron chi connectivity index (χ0n) is 8.26. The van der Waals surface area contributed by atoms with Crippen LogP contribution in [-0.2, 0) is 15.1 Å². The number of alkyl halides is 3. The van der Waals surface area contributed by atoms with Crippen LogP contribution in [0.1, 0.15) is 21.7 Å². The lowest BCUT2D eigenvalue weighted by Crippen LogP contribution is -2.02. The Bertz CT molecular complexity index is 630. The molecule has 0 aliphatic carbocycles. The minimum absolute atomic E-state index is 0.186. The van der Waals surface area contributed by atoms with Gasteiger partial charge < -0.3 is 9.72 Å². The number of rotatable bonds is 0. The van der Waals surface area contributed by atoms with Gasteiger partial charge >= 0.3 is 5.97 Å². The number of nitrogens with zero attached hydrogens (tertiary/aromatic N) is 1. The van der Waals surface area contributed by atoms with Gasteiger partial charge in [0, 0.05) is 5.56 Å². The highest BCUT2D eigenvalue weighted by Gasteiger charge is 2.30. The first-order chi connectivity index (χ1) is 7.97. The van der Waals surface area contributed by atoms with E-state index in [1.54, 1.807) is 12.1 Å². The lowest BCUT2D eigenvalue weighted by Gasteiger charge is -2.04. The van der Waals surface area contributed by atoms with E-state index >= 15 is 0 Å². The van der Waals surface area contributed by atoms with Crippen LogP contribution in [0.5, 0.6) is 0 Å². The van der Waals surface area contributed by atoms with Gasteiger partial charge in [-0.15, -0.1) is 0 Å². The third-order valence-corrected chi connectivity index (χ3v) is 3.11. The van der Waals surface area contributed by atoms with Crippen LogP contribution in [0.15, 0.2) is 12.1 Å². The maximum Gasteiger partial charge on any atom is 0.341 e. The second-order valence-corrected chi connectivity index (χ2v) is 5.94. The number of nitrogens with one attached hydrogen (secondary N) is 1. The third-order valence-electron chi connectivity index (χ3n) is 2.57. The summed E-state index contributed by atoms with van der Waals surface area (Å²) in [6.07, 6.45) is 0. The van der Waals surface area contributed by atoms with E-state index in [0.717, 1.165) is 5.56 Å². The van der Waals surface area contributed by atoms with Gasteiger partial charge in [-0.25, -0.2) is 9.78 Å². The Labute approximate surface area is 111 Å². The molecule has 0 radical (unpaired) electrons. The molecule has 0 saturated heterocycles. The third kappa shape index (κ3) is 1.68. The first-order valence-electron chi connectivity index (χ1n) is 4.73. The molecule has 1 aliphatic rings. The van der Waals surface area contributed by atoms with Crippen molar-refractivity contribution in [2.45, 2.75) is 10.4 Å². The molecule has 0 saturated carbocycles. The van der Waals surface area contributed by atoms with Gasteiger partial charge in [-0.3, -0.25) is 0 Å². The van der Waals surface area contributed by atoms with Crippen molar-refractivity contribution in [2.24, 2.45) is 0 Å². The fourth-order valence-corrected chi connectivity index (χ4v) is 2.08. The monoisotopic (exact) mass is 290 g/mol. The van der Waals surface area contributed by atoms with E-state index in [9.17, 15) is 4.79 Å². The number of carbonyl (C=O) groups is 1. The number of hydrogen-bond acceptors (Lipinski definition) is 3. The minimum atomic E-state index is -1.64. The van der Waals surface area contributed by atoms with E-state index < -0.39 is 9.76 Å². The summed E-state index contributed by atoms with van der Waals surface area (Å²) in [5.74, 6) is -0.210. The van der Waals surface area contributed by atoms with Gasteiger partial charge in [-0.2, -0.15) is 0 Å². The molecule has 4 nitrogen and oxygen atoms in total. The van der Waals surface area contributed by atoms with E-state index in [1.807, 2.05) is 0 Å². The van der Waals surface area contributed by atoms with Gasteiger partial charge in [0.15, 0.2) is 5.82 Å². The number of H-pyrrole nitrogens is 1. The number of ether oxygens (including phenoxy) is 1. The summed E-state index contributed by atoms with van der Waals surface area (Å²) in [7, 11) is 0. The molecule has 0 unspecified atom stereocenters. The molecule has 1 aromatic carbocycles. The van der Waals surface area contributed by atoms with Crippen molar-refractivity contribution in [1.29, 1.82) is 0 Å². The number of cyclic esters (lactones) is 1. The Kier molecular flexibility index (Phi) is 2.30. The number of fused-ring (bicyclic) bond motifs is 3. The van der Waals surface area contributed by atoms with Crippen LogP contribution in [0.4, 0.5) is 0 Å². The van der Waals surface area contributed by atoms with Gasteiger partial charge in [0.05, 0.1) is 11.1 Å². The molecule has 2 heterocycles. The average molecular weight is 292 g/mol. The largest absolute Gasteiger partial charge is 0.457 e. The van der Waals surface area contributed by atoms with Crippen molar-refractivity contribution < 1.29 is 9.53 Å². The Morgan fingerprint density at radius 1 is 1.35 bits per heavy atom. The molecular weight excluding hydrogens is 286 g/mol. The molecule has 0 bridgehead atoms. The molecule has 7 heteroatoms. The lowest BCUT2D eigenvalue weighted by molar-refractivity contribution is 0.0536. The van der Waals surface area contributed by atoms with Gasteiger partial charge in [0.25, 0.3) is 0 Å². The van der Waals surface area contributed by atoms with Crippen molar-refractivity contribution in [3.05, 3.63) is 29.1 Å². The van der Waals surface area contributed by atoms with Crippen LogP contribution >= 0.6 is 34.8 Å². The van der Waals surface area contributed by atoms with Crippen molar-refractivity contribution in [2.75, 3.05) is 0 Å². The summed E-state index contributed by atoms with van der Waals surface area (Å²) in [5.41, 5.74) is 2.36. The molecule has 0 amide bonds. The molecule has 3 rings (SSSR count). The van der Waals surface area contributed by atoms with Gasteiger partial charge in [0.1, 0.15) is 12.1 Å². The number of aromatic amines is 1. The molecule has 88 valence electrons. The predicted molar refractivity (Wildman–Crippen MR) is 64.5 cm³/mol. The highest BCUT2D eigenvalue weighted by atomic mass is 35.6. The van der Waals surface area contributed by atoms with E-state index in [0.29, 0.717) is 16.6 Å². The average Bonchev–Trinajstić information content (AvgIpc) is 2.80. The van der Waals surface area contributed by atoms with Gasteiger partial charge in [0.2, 0.25) is 3.79 Å². The first-order valence-corrected chi connectivity index (χ1v) is 5.86. The van der Waals surface area contributed by atoms with Crippen LogP contribution in [0, 0.1) is 0 Å². The highest BCUT2D eigenvalue weighted by Crippen LogP contribution is 2.38. The Balaban J connectivity index is 2.31. The minimum Gasteiger partial charge on any atom is -0.457 e. The number of hydrogen-bond donors (Lipinski definition) is 1. The summed E-state index contributed by atoms with van der Waals surface area (Å²) in [6.45, 7) is 0.264. The topological polar surface area (TPSA) is 55.0 Å². The summed E-state index contributed by atoms with van der Waals surface area (Å²) < 4.78 is 3.29. The Morgan fingerprint density at radius 2 is 2.12 bits per heavy atom.